The monoisotopic (exact) mass is 256 g/mol. The number of carbonyl (C=O) groups is 1. The van der Waals surface area contributed by atoms with E-state index >= 15 is 0 Å². The number of ether oxygens (including phenoxy) is 1. The van der Waals surface area contributed by atoms with Crippen LogP contribution in [0.3, 0.4) is 0 Å². The van der Waals surface area contributed by atoms with Crippen molar-refractivity contribution in [1.82, 2.24) is 5.32 Å². The Bertz CT molecular complexity index is 482. The number of nitrogens with one attached hydrogen (secondary N) is 1. The number of rotatable bonds is 2. The summed E-state index contributed by atoms with van der Waals surface area (Å²) in [5, 5.41) is 13.1. The molecule has 0 heterocycles. The lowest BCUT2D eigenvalue weighted by Crippen LogP contribution is -2.42. The lowest BCUT2D eigenvalue weighted by atomic mass is 10.1. The number of nitro benzene ring substituents is 1. The molecule has 0 radical (unpaired) electrons. The Morgan fingerprint density at radius 2 is 2.06 bits per heavy atom. The van der Waals surface area contributed by atoms with Crippen LogP contribution in [-0.2, 0) is 0 Å². The van der Waals surface area contributed by atoms with Crippen LogP contribution in [0, 0.1) is 15.9 Å². The minimum atomic E-state index is -0.879. The predicted octanol–water partition coefficient (Wildman–Crippen LogP) is 2.62. The number of halogens is 1. The van der Waals surface area contributed by atoms with Gasteiger partial charge in [-0.3, -0.25) is 10.1 Å². The van der Waals surface area contributed by atoms with E-state index in [0.29, 0.717) is 0 Å². The van der Waals surface area contributed by atoms with Crippen molar-refractivity contribution in [2.24, 2.45) is 0 Å². The summed E-state index contributed by atoms with van der Waals surface area (Å²) in [6.07, 6.45) is -0.879. The Kier molecular flexibility index (Phi) is 3.85. The average Bonchev–Trinajstić information content (AvgIpc) is 2.13. The maximum Gasteiger partial charge on any atom is 0.413 e. The second kappa shape index (κ2) is 4.99. The van der Waals surface area contributed by atoms with Crippen molar-refractivity contribution in [3.63, 3.8) is 0 Å². The number of benzene rings is 1. The second-order valence-electron chi connectivity index (χ2n) is 4.63. The minimum Gasteiger partial charge on any atom is -0.403 e. The highest BCUT2D eigenvalue weighted by atomic mass is 19.1. The maximum atomic E-state index is 13.0. The maximum absolute atomic E-state index is 13.0. The zero-order chi connectivity index (χ0) is 13.9. The molecule has 1 aromatic rings. The second-order valence-corrected chi connectivity index (χ2v) is 4.63. The van der Waals surface area contributed by atoms with Gasteiger partial charge in [0, 0.05) is 17.7 Å². The van der Waals surface area contributed by atoms with Crippen LogP contribution in [0.4, 0.5) is 14.9 Å². The van der Waals surface area contributed by atoms with Gasteiger partial charge in [0.15, 0.2) is 0 Å². The van der Waals surface area contributed by atoms with E-state index in [1.165, 1.54) is 0 Å². The molecule has 0 atom stereocenters. The Labute approximate surface area is 103 Å². The summed E-state index contributed by atoms with van der Waals surface area (Å²) in [5.41, 5.74) is -1.03. The molecule has 98 valence electrons. The highest BCUT2D eigenvalue weighted by molar-refractivity contribution is 5.72. The summed E-state index contributed by atoms with van der Waals surface area (Å²) in [5.74, 6) is -1.15. The molecule has 0 aliphatic heterocycles. The van der Waals surface area contributed by atoms with Gasteiger partial charge in [0.05, 0.1) is 4.92 Å². The average molecular weight is 256 g/mol. The van der Waals surface area contributed by atoms with E-state index in [-0.39, 0.29) is 0 Å². The predicted molar refractivity (Wildman–Crippen MR) is 62.0 cm³/mol. The number of hydrogen-bond donors (Lipinski definition) is 1. The molecule has 0 bridgehead atoms. The van der Waals surface area contributed by atoms with Gasteiger partial charge >= 0.3 is 11.8 Å². The van der Waals surface area contributed by atoms with E-state index in [1.807, 2.05) is 0 Å². The van der Waals surface area contributed by atoms with Crippen LogP contribution in [0.15, 0.2) is 18.2 Å². The van der Waals surface area contributed by atoms with Crippen LogP contribution in [0.5, 0.6) is 5.75 Å². The normalized spacial score (nSPS) is 10.9. The molecule has 0 fully saturated rings. The third-order valence-electron chi connectivity index (χ3n) is 1.80. The topological polar surface area (TPSA) is 81.5 Å². The third-order valence-corrected chi connectivity index (χ3v) is 1.80. The van der Waals surface area contributed by atoms with Gasteiger partial charge in [0.25, 0.3) is 0 Å². The Morgan fingerprint density at radius 1 is 1.44 bits per heavy atom. The molecule has 0 saturated carbocycles. The zero-order valence-electron chi connectivity index (χ0n) is 10.2. The van der Waals surface area contributed by atoms with Gasteiger partial charge in [0.1, 0.15) is 5.82 Å². The standard InChI is InChI=1S/C11H13FN2O4/c1-11(2,3)13-10(15)18-9-6-7(12)4-5-8(9)14(16)17/h4-6H,1-3H3,(H,13,15). The molecule has 0 aliphatic carbocycles. The molecule has 1 N–H and O–H groups in total. The molecular weight excluding hydrogens is 243 g/mol. The fourth-order valence-electron chi connectivity index (χ4n) is 1.15. The summed E-state index contributed by atoms with van der Waals surface area (Å²) >= 11 is 0. The summed E-state index contributed by atoms with van der Waals surface area (Å²) in [7, 11) is 0. The number of amides is 1. The van der Waals surface area contributed by atoms with E-state index in [2.05, 4.69) is 5.32 Å². The molecule has 0 saturated heterocycles. The third kappa shape index (κ3) is 4.00. The van der Waals surface area contributed by atoms with Gasteiger partial charge < -0.3 is 10.1 Å². The van der Waals surface area contributed by atoms with Crippen molar-refractivity contribution >= 4 is 11.8 Å². The van der Waals surface area contributed by atoms with Crippen LogP contribution in [0.25, 0.3) is 0 Å². The summed E-state index contributed by atoms with van der Waals surface area (Å²) in [6, 6.07) is 2.65. The summed E-state index contributed by atoms with van der Waals surface area (Å²) in [4.78, 5) is 21.4. The van der Waals surface area contributed by atoms with Gasteiger partial charge in [-0.15, -0.1) is 0 Å². The number of carbonyl (C=O) groups excluding carboxylic acids is 1. The van der Waals surface area contributed by atoms with Crippen molar-refractivity contribution in [2.75, 3.05) is 0 Å². The van der Waals surface area contributed by atoms with Crippen LogP contribution in [-0.4, -0.2) is 16.6 Å². The fraction of sp³-hybridized carbons (Fsp3) is 0.364. The molecule has 0 aliphatic rings. The van der Waals surface area contributed by atoms with E-state index in [9.17, 15) is 19.3 Å². The first-order chi connectivity index (χ1) is 8.19. The molecule has 6 nitrogen and oxygen atoms in total. The Balaban J connectivity index is 2.93. The molecule has 1 aromatic carbocycles. The molecule has 1 amide bonds. The smallest absolute Gasteiger partial charge is 0.403 e. The molecule has 7 heteroatoms. The van der Waals surface area contributed by atoms with Gasteiger partial charge in [-0.25, -0.2) is 9.18 Å². The Hall–Kier alpha value is -2.18. The molecular formula is C11H13FN2O4. The van der Waals surface area contributed by atoms with Gasteiger partial charge in [0.2, 0.25) is 5.75 Å². The van der Waals surface area contributed by atoms with Gasteiger partial charge in [-0.2, -0.15) is 0 Å². The van der Waals surface area contributed by atoms with Crippen LogP contribution >= 0.6 is 0 Å². The minimum absolute atomic E-state index is 0.429. The summed E-state index contributed by atoms with van der Waals surface area (Å²) in [6.45, 7) is 5.15. The zero-order valence-corrected chi connectivity index (χ0v) is 10.2. The Morgan fingerprint density at radius 3 is 2.56 bits per heavy atom. The van der Waals surface area contributed by atoms with E-state index in [1.54, 1.807) is 20.8 Å². The first-order valence-corrected chi connectivity index (χ1v) is 5.13. The first kappa shape index (κ1) is 13.9. The lowest BCUT2D eigenvalue weighted by Gasteiger charge is -2.19. The van der Waals surface area contributed by atoms with Crippen molar-refractivity contribution in [3.8, 4) is 5.75 Å². The van der Waals surface area contributed by atoms with Crippen molar-refractivity contribution in [3.05, 3.63) is 34.1 Å². The number of hydrogen-bond acceptors (Lipinski definition) is 4. The lowest BCUT2D eigenvalue weighted by molar-refractivity contribution is -0.385. The van der Waals surface area contributed by atoms with Crippen molar-refractivity contribution < 1.29 is 18.8 Å². The van der Waals surface area contributed by atoms with E-state index in [4.69, 9.17) is 4.74 Å². The van der Waals surface area contributed by atoms with Crippen molar-refractivity contribution in [1.29, 1.82) is 0 Å². The first-order valence-electron chi connectivity index (χ1n) is 5.13. The van der Waals surface area contributed by atoms with E-state index in [0.717, 1.165) is 18.2 Å². The molecule has 18 heavy (non-hydrogen) atoms. The van der Waals surface area contributed by atoms with Crippen LogP contribution in [0.2, 0.25) is 0 Å². The number of nitrogens with zero attached hydrogens (tertiary/aromatic N) is 1. The van der Waals surface area contributed by atoms with Crippen molar-refractivity contribution in [2.45, 2.75) is 26.3 Å². The fourth-order valence-corrected chi connectivity index (χ4v) is 1.15. The highest BCUT2D eigenvalue weighted by Gasteiger charge is 2.21. The number of nitro groups is 1. The molecule has 0 spiro atoms. The van der Waals surface area contributed by atoms with Crippen LogP contribution < -0.4 is 10.1 Å². The van der Waals surface area contributed by atoms with Gasteiger partial charge in [-0.05, 0) is 26.8 Å². The van der Waals surface area contributed by atoms with E-state index < -0.39 is 33.8 Å². The summed E-state index contributed by atoms with van der Waals surface area (Å²) < 4.78 is 17.7. The van der Waals surface area contributed by atoms with Gasteiger partial charge in [-0.1, -0.05) is 0 Å². The highest BCUT2D eigenvalue weighted by Crippen LogP contribution is 2.27. The molecule has 0 unspecified atom stereocenters. The van der Waals surface area contributed by atoms with Crippen LogP contribution in [0.1, 0.15) is 20.8 Å². The quantitative estimate of drug-likeness (QED) is 0.651. The molecule has 0 aromatic heterocycles. The SMILES string of the molecule is CC(C)(C)NC(=O)Oc1cc(F)ccc1[N+](=O)[O-]. The largest absolute Gasteiger partial charge is 0.413 e. The molecule has 1 rings (SSSR count).